The normalized spacial score (nSPS) is 10.5. The average molecular weight is 327 g/mol. The monoisotopic (exact) mass is 327 g/mol. The van der Waals surface area contributed by atoms with E-state index in [2.05, 4.69) is 5.32 Å². The molecule has 0 unspecified atom stereocenters. The van der Waals surface area contributed by atoms with E-state index in [1.54, 1.807) is 44.6 Å². The molecule has 1 N–H and O–H groups in total. The fourth-order valence-electron chi connectivity index (χ4n) is 2.11. The highest BCUT2D eigenvalue weighted by atomic mass is 16.5. The molecule has 0 aliphatic rings. The number of anilines is 1. The van der Waals surface area contributed by atoms with Crippen LogP contribution in [0, 0.1) is 0 Å². The summed E-state index contributed by atoms with van der Waals surface area (Å²) in [5.74, 6) is 1.82. The molecule has 0 heterocycles. The van der Waals surface area contributed by atoms with Crippen LogP contribution < -0.4 is 19.5 Å². The lowest BCUT2D eigenvalue weighted by Crippen LogP contribution is -2.07. The molecule has 0 saturated heterocycles. The molecule has 126 valence electrons. The van der Waals surface area contributed by atoms with Crippen molar-refractivity contribution in [2.24, 2.45) is 0 Å². The van der Waals surface area contributed by atoms with Crippen molar-refractivity contribution >= 4 is 17.7 Å². The fourth-order valence-corrected chi connectivity index (χ4v) is 2.11. The van der Waals surface area contributed by atoms with Crippen LogP contribution in [0.5, 0.6) is 17.2 Å². The predicted molar refractivity (Wildman–Crippen MR) is 94.8 cm³/mol. The first kappa shape index (κ1) is 17.4. The molecule has 2 aromatic rings. The van der Waals surface area contributed by atoms with E-state index in [0.717, 1.165) is 11.3 Å². The number of carbonyl (C=O) groups excluding carboxylic acids is 1. The number of methoxy groups -OCH3 is 2. The van der Waals surface area contributed by atoms with Crippen LogP contribution in [-0.2, 0) is 4.79 Å². The highest BCUT2D eigenvalue weighted by Crippen LogP contribution is 2.28. The van der Waals surface area contributed by atoms with Crippen LogP contribution in [0.3, 0.4) is 0 Å². The summed E-state index contributed by atoms with van der Waals surface area (Å²) in [6.07, 6.45) is 3.18. The van der Waals surface area contributed by atoms with E-state index >= 15 is 0 Å². The fraction of sp³-hybridized carbons (Fsp3) is 0.211. The Labute approximate surface area is 141 Å². The van der Waals surface area contributed by atoms with E-state index in [0.29, 0.717) is 23.8 Å². The molecule has 5 heteroatoms. The first-order valence-corrected chi connectivity index (χ1v) is 7.60. The van der Waals surface area contributed by atoms with Crippen molar-refractivity contribution in [1.82, 2.24) is 0 Å². The van der Waals surface area contributed by atoms with Crippen molar-refractivity contribution in [2.45, 2.75) is 6.92 Å². The van der Waals surface area contributed by atoms with E-state index in [1.807, 2.05) is 25.1 Å². The maximum Gasteiger partial charge on any atom is 0.248 e. The van der Waals surface area contributed by atoms with Crippen LogP contribution in [0.4, 0.5) is 5.69 Å². The Balaban J connectivity index is 1.99. The number of nitrogens with one attached hydrogen (secondary N) is 1. The van der Waals surface area contributed by atoms with Gasteiger partial charge in [-0.2, -0.15) is 0 Å². The molecule has 0 aliphatic carbocycles. The number of carbonyl (C=O) groups is 1. The van der Waals surface area contributed by atoms with Gasteiger partial charge in [-0.3, -0.25) is 4.79 Å². The van der Waals surface area contributed by atoms with Crippen LogP contribution in [0.25, 0.3) is 6.08 Å². The zero-order chi connectivity index (χ0) is 17.4. The number of ether oxygens (including phenoxy) is 3. The summed E-state index contributed by atoms with van der Waals surface area (Å²) in [6, 6.07) is 12.7. The first-order chi connectivity index (χ1) is 11.7. The maximum absolute atomic E-state index is 12.0. The summed E-state index contributed by atoms with van der Waals surface area (Å²) in [5.41, 5.74) is 1.55. The minimum atomic E-state index is -0.214. The molecule has 0 radical (unpaired) electrons. The lowest BCUT2D eigenvalue weighted by molar-refractivity contribution is -0.111. The number of rotatable bonds is 7. The van der Waals surface area contributed by atoms with Gasteiger partial charge in [-0.25, -0.2) is 0 Å². The second-order valence-corrected chi connectivity index (χ2v) is 4.89. The molecule has 2 rings (SSSR count). The van der Waals surface area contributed by atoms with Crippen LogP contribution >= 0.6 is 0 Å². The van der Waals surface area contributed by atoms with Gasteiger partial charge in [0, 0.05) is 11.8 Å². The third-order valence-corrected chi connectivity index (χ3v) is 3.27. The Hall–Kier alpha value is -2.95. The molecule has 0 fully saturated rings. The minimum Gasteiger partial charge on any atom is -0.494 e. The predicted octanol–water partition coefficient (Wildman–Crippen LogP) is 3.75. The van der Waals surface area contributed by atoms with Crippen LogP contribution in [0.15, 0.2) is 48.5 Å². The van der Waals surface area contributed by atoms with Crippen LogP contribution in [0.2, 0.25) is 0 Å². The van der Waals surface area contributed by atoms with Crippen LogP contribution in [-0.4, -0.2) is 26.7 Å². The van der Waals surface area contributed by atoms with E-state index in [4.69, 9.17) is 14.2 Å². The van der Waals surface area contributed by atoms with Gasteiger partial charge in [0.15, 0.2) is 11.5 Å². The van der Waals surface area contributed by atoms with Gasteiger partial charge in [0.05, 0.1) is 20.8 Å². The van der Waals surface area contributed by atoms with E-state index in [-0.39, 0.29) is 5.91 Å². The highest BCUT2D eigenvalue weighted by Gasteiger charge is 2.03. The first-order valence-electron chi connectivity index (χ1n) is 7.60. The molecule has 0 saturated carbocycles. The summed E-state index contributed by atoms with van der Waals surface area (Å²) in [7, 11) is 3.15. The standard InChI is InChI=1S/C19H21NO4/c1-4-24-16-9-7-15(8-10-16)20-19(21)12-6-14-5-11-17(22-2)18(13-14)23-3/h5-13H,4H2,1-3H3,(H,20,21)/b12-6+. The van der Waals surface area contributed by atoms with Crippen LogP contribution in [0.1, 0.15) is 12.5 Å². The summed E-state index contributed by atoms with van der Waals surface area (Å²) in [5, 5.41) is 2.80. The molecule has 0 aromatic heterocycles. The van der Waals surface area contributed by atoms with Crippen molar-refractivity contribution in [3.05, 3.63) is 54.1 Å². The molecule has 0 bridgehead atoms. The van der Waals surface area contributed by atoms with Crippen molar-refractivity contribution in [3.8, 4) is 17.2 Å². The van der Waals surface area contributed by atoms with Gasteiger partial charge in [-0.1, -0.05) is 6.07 Å². The molecule has 5 nitrogen and oxygen atoms in total. The molecular formula is C19H21NO4. The SMILES string of the molecule is CCOc1ccc(NC(=O)/C=C/c2ccc(OC)c(OC)c2)cc1. The zero-order valence-electron chi connectivity index (χ0n) is 14.0. The minimum absolute atomic E-state index is 0.214. The third kappa shape index (κ3) is 4.78. The summed E-state index contributed by atoms with van der Waals surface area (Å²) in [4.78, 5) is 12.0. The molecule has 0 atom stereocenters. The summed E-state index contributed by atoms with van der Waals surface area (Å²) >= 11 is 0. The number of hydrogen-bond donors (Lipinski definition) is 1. The number of benzene rings is 2. The summed E-state index contributed by atoms with van der Waals surface area (Å²) < 4.78 is 15.8. The van der Waals surface area contributed by atoms with Gasteiger partial charge >= 0.3 is 0 Å². The third-order valence-electron chi connectivity index (χ3n) is 3.27. The van der Waals surface area contributed by atoms with Gasteiger partial charge in [-0.15, -0.1) is 0 Å². The average Bonchev–Trinajstić information content (AvgIpc) is 2.61. The number of hydrogen-bond acceptors (Lipinski definition) is 4. The van der Waals surface area contributed by atoms with Crippen molar-refractivity contribution in [1.29, 1.82) is 0 Å². The van der Waals surface area contributed by atoms with Gasteiger partial charge < -0.3 is 19.5 Å². The van der Waals surface area contributed by atoms with Gasteiger partial charge in [0.25, 0.3) is 0 Å². The Morgan fingerprint density at radius 2 is 1.75 bits per heavy atom. The van der Waals surface area contributed by atoms with Crippen molar-refractivity contribution in [3.63, 3.8) is 0 Å². The lowest BCUT2D eigenvalue weighted by Gasteiger charge is -2.07. The maximum atomic E-state index is 12.0. The second-order valence-electron chi connectivity index (χ2n) is 4.89. The molecule has 2 aromatic carbocycles. The Morgan fingerprint density at radius 3 is 2.38 bits per heavy atom. The lowest BCUT2D eigenvalue weighted by atomic mass is 10.2. The van der Waals surface area contributed by atoms with E-state index in [9.17, 15) is 4.79 Å². The molecule has 0 spiro atoms. The van der Waals surface area contributed by atoms with Gasteiger partial charge in [0.2, 0.25) is 5.91 Å². The Bertz CT molecular complexity index is 708. The number of amides is 1. The summed E-state index contributed by atoms with van der Waals surface area (Å²) in [6.45, 7) is 2.54. The topological polar surface area (TPSA) is 56.8 Å². The zero-order valence-corrected chi connectivity index (χ0v) is 14.0. The quantitative estimate of drug-likeness (QED) is 0.787. The van der Waals surface area contributed by atoms with Crippen molar-refractivity contribution < 1.29 is 19.0 Å². The van der Waals surface area contributed by atoms with Gasteiger partial charge in [0.1, 0.15) is 5.75 Å². The Kier molecular flexibility index (Phi) is 6.25. The van der Waals surface area contributed by atoms with Gasteiger partial charge in [-0.05, 0) is 55.0 Å². The van der Waals surface area contributed by atoms with E-state index in [1.165, 1.54) is 6.08 Å². The highest BCUT2D eigenvalue weighted by molar-refractivity contribution is 6.01. The largest absolute Gasteiger partial charge is 0.494 e. The molecule has 1 amide bonds. The smallest absolute Gasteiger partial charge is 0.248 e. The molecule has 24 heavy (non-hydrogen) atoms. The molecule has 0 aliphatic heterocycles. The molecular weight excluding hydrogens is 306 g/mol. The van der Waals surface area contributed by atoms with Crippen molar-refractivity contribution in [2.75, 3.05) is 26.1 Å². The Morgan fingerprint density at radius 1 is 1.04 bits per heavy atom. The van der Waals surface area contributed by atoms with E-state index < -0.39 is 0 Å². The second kappa shape index (κ2) is 8.62.